The minimum absolute atomic E-state index is 0.737. The number of rotatable bonds is 2. The molecule has 0 aromatic heterocycles. The summed E-state index contributed by atoms with van der Waals surface area (Å²) >= 11 is 0. The van der Waals surface area contributed by atoms with E-state index in [0.717, 1.165) is 18.3 Å². The molecular weight excluding hydrogens is 220 g/mol. The topological polar surface area (TPSA) is 24.7 Å². The molecule has 2 aliphatic carbocycles. The number of aliphatic imine (C=N–C) groups is 2. The average molecular weight is 238 g/mol. The number of hydrogen-bond acceptors (Lipinski definition) is 2. The van der Waals surface area contributed by atoms with Crippen LogP contribution in [0.25, 0.3) is 0 Å². The highest BCUT2D eigenvalue weighted by molar-refractivity contribution is 6.12. The van der Waals surface area contributed by atoms with E-state index in [1.54, 1.807) is 0 Å². The number of fused-ring (bicyclic) bond motifs is 1. The van der Waals surface area contributed by atoms with Crippen LogP contribution in [0, 0.1) is 5.92 Å². The monoisotopic (exact) mass is 238 g/mol. The zero-order chi connectivity index (χ0) is 11.9. The van der Waals surface area contributed by atoms with Crippen molar-refractivity contribution in [3.63, 3.8) is 0 Å². The van der Waals surface area contributed by atoms with E-state index in [1.807, 2.05) is 0 Å². The Morgan fingerprint density at radius 3 is 2.72 bits per heavy atom. The van der Waals surface area contributed by atoms with Gasteiger partial charge in [0.05, 0.1) is 6.54 Å². The van der Waals surface area contributed by atoms with Crippen LogP contribution >= 0.6 is 0 Å². The summed E-state index contributed by atoms with van der Waals surface area (Å²) in [5, 5.41) is 0. The molecular formula is C16H18N2. The maximum absolute atomic E-state index is 4.77. The molecule has 1 fully saturated rings. The zero-order valence-corrected chi connectivity index (χ0v) is 10.7. The Bertz CT molecular complexity index is 550. The van der Waals surface area contributed by atoms with E-state index >= 15 is 0 Å². The predicted octanol–water partition coefficient (Wildman–Crippen LogP) is 3.18. The number of amidine groups is 1. The Morgan fingerprint density at radius 1 is 1.00 bits per heavy atom. The molecule has 18 heavy (non-hydrogen) atoms. The highest BCUT2D eigenvalue weighted by atomic mass is 15.0. The number of aryl methyl sites for hydroxylation is 2. The highest BCUT2D eigenvalue weighted by Crippen LogP contribution is 2.30. The second kappa shape index (κ2) is 4.04. The molecule has 1 aliphatic heterocycles. The first-order valence-electron chi connectivity index (χ1n) is 7.14. The standard InChI is InChI=1S/C16H18N2/c1-3-11-7-8-14(9-13(11)6-1)16-17-10-15(18-16)12-4-2-5-12/h7-9,12H,1-6,10H2. The lowest BCUT2D eigenvalue weighted by Crippen LogP contribution is -2.22. The van der Waals surface area contributed by atoms with Gasteiger partial charge in [0.25, 0.3) is 0 Å². The summed E-state index contributed by atoms with van der Waals surface area (Å²) in [4.78, 5) is 9.40. The van der Waals surface area contributed by atoms with Gasteiger partial charge in [-0.15, -0.1) is 0 Å². The van der Waals surface area contributed by atoms with Crippen LogP contribution < -0.4 is 0 Å². The molecule has 1 aromatic rings. The Morgan fingerprint density at radius 2 is 1.89 bits per heavy atom. The van der Waals surface area contributed by atoms with Gasteiger partial charge in [0.1, 0.15) is 0 Å². The minimum atomic E-state index is 0.737. The van der Waals surface area contributed by atoms with Crippen LogP contribution in [0.4, 0.5) is 0 Å². The Hall–Kier alpha value is -1.44. The van der Waals surface area contributed by atoms with Gasteiger partial charge in [-0.05, 0) is 55.2 Å². The normalized spacial score (nSPS) is 22.4. The van der Waals surface area contributed by atoms with Crippen molar-refractivity contribution >= 4 is 11.5 Å². The van der Waals surface area contributed by atoms with E-state index in [0.29, 0.717) is 0 Å². The average Bonchev–Trinajstić information content (AvgIpc) is 2.93. The summed E-state index contributed by atoms with van der Waals surface area (Å²) in [5.41, 5.74) is 5.60. The molecule has 1 aromatic carbocycles. The van der Waals surface area contributed by atoms with Gasteiger partial charge >= 0.3 is 0 Å². The van der Waals surface area contributed by atoms with Gasteiger partial charge in [-0.1, -0.05) is 18.6 Å². The molecule has 0 bridgehead atoms. The largest absolute Gasteiger partial charge is 0.260 e. The summed E-state index contributed by atoms with van der Waals surface area (Å²) in [7, 11) is 0. The summed E-state index contributed by atoms with van der Waals surface area (Å²) in [6, 6.07) is 6.79. The lowest BCUT2D eigenvalue weighted by atomic mass is 9.82. The molecule has 0 N–H and O–H groups in total. The van der Waals surface area contributed by atoms with Crippen LogP contribution in [0.5, 0.6) is 0 Å². The second-order valence-electron chi connectivity index (χ2n) is 5.71. The van der Waals surface area contributed by atoms with E-state index in [-0.39, 0.29) is 0 Å². The lowest BCUT2D eigenvalue weighted by Gasteiger charge is -2.24. The molecule has 0 unspecified atom stereocenters. The highest BCUT2D eigenvalue weighted by Gasteiger charge is 2.26. The number of hydrogen-bond donors (Lipinski definition) is 0. The van der Waals surface area contributed by atoms with Crippen molar-refractivity contribution in [2.45, 2.75) is 38.5 Å². The summed E-state index contributed by atoms with van der Waals surface area (Å²) in [6.45, 7) is 0.844. The molecule has 1 heterocycles. The first kappa shape index (κ1) is 10.5. The van der Waals surface area contributed by atoms with E-state index in [4.69, 9.17) is 4.99 Å². The molecule has 0 radical (unpaired) electrons. The van der Waals surface area contributed by atoms with Crippen molar-refractivity contribution in [2.24, 2.45) is 15.9 Å². The SMILES string of the molecule is c1cc2c(cc1C1=NCC(C3CCC3)=N1)CCC2. The number of benzene rings is 1. The van der Waals surface area contributed by atoms with Gasteiger partial charge in [0.15, 0.2) is 5.84 Å². The van der Waals surface area contributed by atoms with Gasteiger partial charge in [-0.25, -0.2) is 4.99 Å². The summed E-state index contributed by atoms with van der Waals surface area (Å²) < 4.78 is 0. The molecule has 4 rings (SSSR count). The van der Waals surface area contributed by atoms with Crippen LogP contribution in [0.1, 0.15) is 42.4 Å². The molecule has 3 aliphatic rings. The minimum Gasteiger partial charge on any atom is -0.260 e. The smallest absolute Gasteiger partial charge is 0.154 e. The fourth-order valence-corrected chi connectivity index (χ4v) is 3.19. The molecule has 2 nitrogen and oxygen atoms in total. The third-order valence-corrected chi connectivity index (χ3v) is 4.57. The van der Waals surface area contributed by atoms with Crippen molar-refractivity contribution < 1.29 is 0 Å². The van der Waals surface area contributed by atoms with Gasteiger partial charge < -0.3 is 0 Å². The Balaban J connectivity index is 1.62. The Labute approximate surface area is 108 Å². The summed E-state index contributed by atoms with van der Waals surface area (Å²) in [5.74, 6) is 1.72. The maximum atomic E-state index is 4.77. The van der Waals surface area contributed by atoms with E-state index < -0.39 is 0 Å². The van der Waals surface area contributed by atoms with Gasteiger partial charge in [0.2, 0.25) is 0 Å². The van der Waals surface area contributed by atoms with Gasteiger partial charge in [0, 0.05) is 11.3 Å². The zero-order valence-electron chi connectivity index (χ0n) is 10.7. The third-order valence-electron chi connectivity index (χ3n) is 4.57. The van der Waals surface area contributed by atoms with Crippen molar-refractivity contribution in [1.29, 1.82) is 0 Å². The molecule has 1 saturated carbocycles. The summed E-state index contributed by atoms with van der Waals surface area (Å²) in [6.07, 6.45) is 7.81. The molecule has 0 saturated heterocycles. The van der Waals surface area contributed by atoms with Crippen molar-refractivity contribution in [3.8, 4) is 0 Å². The van der Waals surface area contributed by atoms with Crippen LogP contribution in [0.15, 0.2) is 28.2 Å². The molecule has 0 atom stereocenters. The predicted molar refractivity (Wildman–Crippen MR) is 74.6 cm³/mol. The van der Waals surface area contributed by atoms with Gasteiger partial charge in [-0.2, -0.15) is 0 Å². The fourth-order valence-electron chi connectivity index (χ4n) is 3.19. The first-order valence-corrected chi connectivity index (χ1v) is 7.14. The molecule has 0 spiro atoms. The second-order valence-corrected chi connectivity index (χ2v) is 5.71. The van der Waals surface area contributed by atoms with Crippen LogP contribution in [-0.4, -0.2) is 18.1 Å². The molecule has 0 amide bonds. The van der Waals surface area contributed by atoms with E-state index in [2.05, 4.69) is 23.2 Å². The maximum Gasteiger partial charge on any atom is 0.154 e. The lowest BCUT2D eigenvalue weighted by molar-refractivity contribution is 0.412. The van der Waals surface area contributed by atoms with Crippen LogP contribution in [-0.2, 0) is 12.8 Å². The van der Waals surface area contributed by atoms with Crippen molar-refractivity contribution in [2.75, 3.05) is 6.54 Å². The van der Waals surface area contributed by atoms with Gasteiger partial charge in [-0.3, -0.25) is 4.99 Å². The fraction of sp³-hybridized carbons (Fsp3) is 0.500. The van der Waals surface area contributed by atoms with Crippen LogP contribution in [0.2, 0.25) is 0 Å². The first-order chi connectivity index (χ1) is 8.90. The quantitative estimate of drug-likeness (QED) is 0.756. The number of nitrogens with zero attached hydrogens (tertiary/aromatic N) is 2. The third kappa shape index (κ3) is 1.63. The molecule has 2 heteroatoms. The van der Waals surface area contributed by atoms with E-state index in [9.17, 15) is 0 Å². The Kier molecular flexibility index (Phi) is 2.35. The van der Waals surface area contributed by atoms with Crippen LogP contribution in [0.3, 0.4) is 0 Å². The van der Waals surface area contributed by atoms with E-state index in [1.165, 1.54) is 60.9 Å². The van der Waals surface area contributed by atoms with Crippen molar-refractivity contribution in [3.05, 3.63) is 34.9 Å². The molecule has 92 valence electrons. The van der Waals surface area contributed by atoms with Crippen molar-refractivity contribution in [1.82, 2.24) is 0 Å².